The first-order chi connectivity index (χ1) is 8.83. The van der Waals surface area contributed by atoms with Gasteiger partial charge in [-0.05, 0) is 53.3 Å². The van der Waals surface area contributed by atoms with Crippen molar-refractivity contribution in [2.75, 3.05) is 0 Å². The van der Waals surface area contributed by atoms with E-state index in [4.69, 9.17) is 0 Å². The Morgan fingerprint density at radius 3 is 2.50 bits per heavy atom. The van der Waals surface area contributed by atoms with Crippen molar-refractivity contribution < 1.29 is 4.79 Å². The molecule has 0 heterocycles. The Morgan fingerprint density at radius 1 is 0.833 bits per heavy atom. The van der Waals surface area contributed by atoms with E-state index >= 15 is 0 Å². The molecule has 3 rings (SSSR count). The summed E-state index contributed by atoms with van der Waals surface area (Å²) in [6.45, 7) is 0. The molecule has 2 aromatic carbocycles. The zero-order chi connectivity index (χ0) is 12.4. The monoisotopic (exact) mass is 236 g/mol. The molecular formula is C17H16O. The number of fused-ring (bicyclic) bond motifs is 1. The average molecular weight is 236 g/mol. The van der Waals surface area contributed by atoms with Crippen LogP contribution in [0, 0.1) is 0 Å². The van der Waals surface area contributed by atoms with Crippen LogP contribution in [0.1, 0.15) is 31.2 Å². The fourth-order valence-corrected chi connectivity index (χ4v) is 2.57. The summed E-state index contributed by atoms with van der Waals surface area (Å²) >= 11 is 0. The molecule has 1 nitrogen and oxygen atoms in total. The summed E-state index contributed by atoms with van der Waals surface area (Å²) in [5, 5.41) is 2.49. The molecule has 0 amide bonds. The van der Waals surface area contributed by atoms with E-state index in [-0.39, 0.29) is 5.78 Å². The molecule has 0 aromatic heterocycles. The van der Waals surface area contributed by atoms with Gasteiger partial charge < -0.3 is 0 Å². The molecule has 0 saturated carbocycles. The number of carbonyl (C=O) groups is 1. The summed E-state index contributed by atoms with van der Waals surface area (Å²) in [5.41, 5.74) is 2.40. The van der Waals surface area contributed by atoms with E-state index in [0.717, 1.165) is 19.3 Å². The Labute approximate surface area is 107 Å². The molecule has 0 unspecified atom stereocenters. The van der Waals surface area contributed by atoms with Gasteiger partial charge in [0.2, 0.25) is 0 Å². The third kappa shape index (κ3) is 2.21. The van der Waals surface area contributed by atoms with Gasteiger partial charge in [-0.3, -0.25) is 4.79 Å². The Balaban J connectivity index is 2.05. The van der Waals surface area contributed by atoms with Gasteiger partial charge in [-0.25, -0.2) is 0 Å². The molecule has 0 aliphatic heterocycles. The molecule has 0 fully saturated rings. The van der Waals surface area contributed by atoms with Crippen LogP contribution in [0.3, 0.4) is 0 Å². The van der Waals surface area contributed by atoms with E-state index in [0.29, 0.717) is 6.42 Å². The largest absolute Gasteiger partial charge is 0.295 e. The second-order valence-corrected chi connectivity index (χ2v) is 4.90. The van der Waals surface area contributed by atoms with Crippen molar-refractivity contribution in [3.63, 3.8) is 0 Å². The maximum atomic E-state index is 11.7. The van der Waals surface area contributed by atoms with E-state index in [2.05, 4.69) is 42.5 Å². The van der Waals surface area contributed by atoms with Crippen LogP contribution >= 0.6 is 0 Å². The maximum Gasteiger partial charge on any atom is 0.155 e. The summed E-state index contributed by atoms with van der Waals surface area (Å²) in [4.78, 5) is 11.7. The van der Waals surface area contributed by atoms with Crippen LogP contribution < -0.4 is 0 Å². The molecule has 18 heavy (non-hydrogen) atoms. The normalized spacial score (nSPS) is 16.4. The van der Waals surface area contributed by atoms with Crippen molar-refractivity contribution >= 4 is 22.1 Å². The Hall–Kier alpha value is -1.89. The van der Waals surface area contributed by atoms with Crippen LogP contribution in [-0.2, 0) is 4.79 Å². The lowest BCUT2D eigenvalue weighted by molar-refractivity contribution is -0.114. The summed E-state index contributed by atoms with van der Waals surface area (Å²) in [5.74, 6) is 0.274. The Kier molecular flexibility index (Phi) is 2.97. The van der Waals surface area contributed by atoms with Gasteiger partial charge in [-0.2, -0.15) is 0 Å². The van der Waals surface area contributed by atoms with E-state index in [1.165, 1.54) is 21.9 Å². The van der Waals surface area contributed by atoms with Crippen molar-refractivity contribution in [2.45, 2.75) is 25.7 Å². The highest BCUT2D eigenvalue weighted by Gasteiger charge is 2.10. The Morgan fingerprint density at radius 2 is 1.61 bits per heavy atom. The van der Waals surface area contributed by atoms with Crippen molar-refractivity contribution in [3.05, 3.63) is 54.1 Å². The summed E-state index contributed by atoms with van der Waals surface area (Å²) in [6, 6.07) is 14.8. The number of allylic oxidation sites excluding steroid dienone is 2. The molecule has 90 valence electrons. The van der Waals surface area contributed by atoms with Crippen LogP contribution in [0.15, 0.2) is 48.5 Å². The number of rotatable bonds is 1. The molecule has 0 saturated heterocycles. The van der Waals surface area contributed by atoms with Gasteiger partial charge >= 0.3 is 0 Å². The lowest BCUT2D eigenvalue weighted by Gasteiger charge is -2.07. The molecule has 0 spiro atoms. The van der Waals surface area contributed by atoms with Crippen LogP contribution in [0.2, 0.25) is 0 Å². The fourth-order valence-electron chi connectivity index (χ4n) is 2.57. The minimum atomic E-state index is 0.274. The Bertz CT molecular complexity index is 622. The number of hydrogen-bond donors (Lipinski definition) is 0. The number of ketones is 1. The number of benzene rings is 2. The van der Waals surface area contributed by atoms with Gasteiger partial charge in [0.25, 0.3) is 0 Å². The van der Waals surface area contributed by atoms with E-state index in [1.54, 1.807) is 0 Å². The lowest BCUT2D eigenvalue weighted by Crippen LogP contribution is -1.90. The van der Waals surface area contributed by atoms with Crippen LogP contribution in [0.25, 0.3) is 16.3 Å². The van der Waals surface area contributed by atoms with Gasteiger partial charge in [0, 0.05) is 6.42 Å². The molecular weight excluding hydrogens is 220 g/mol. The zero-order valence-corrected chi connectivity index (χ0v) is 10.4. The standard InChI is InChI=1S/C17H16O/c18-17-8-4-3-7-15(12-17)16-10-9-13-5-1-2-6-14(13)11-16/h1-2,5-6,9-12H,3-4,7-8H2. The van der Waals surface area contributed by atoms with E-state index in [9.17, 15) is 4.79 Å². The van der Waals surface area contributed by atoms with Crippen LogP contribution in [0.5, 0.6) is 0 Å². The predicted molar refractivity (Wildman–Crippen MR) is 75.4 cm³/mol. The minimum Gasteiger partial charge on any atom is -0.295 e. The highest BCUT2D eigenvalue weighted by Crippen LogP contribution is 2.27. The fraction of sp³-hybridized carbons (Fsp3) is 0.235. The van der Waals surface area contributed by atoms with Gasteiger partial charge in [0.15, 0.2) is 5.78 Å². The molecule has 0 atom stereocenters. The molecule has 0 bridgehead atoms. The molecule has 0 N–H and O–H groups in total. The summed E-state index contributed by atoms with van der Waals surface area (Å²) in [6.07, 6.45) is 5.70. The smallest absolute Gasteiger partial charge is 0.155 e. The zero-order valence-electron chi connectivity index (χ0n) is 10.4. The van der Waals surface area contributed by atoms with Gasteiger partial charge in [-0.1, -0.05) is 36.4 Å². The predicted octanol–water partition coefficient (Wildman–Crippen LogP) is 4.37. The van der Waals surface area contributed by atoms with Crippen molar-refractivity contribution in [1.82, 2.24) is 0 Å². The van der Waals surface area contributed by atoms with E-state index in [1.807, 2.05) is 6.08 Å². The van der Waals surface area contributed by atoms with Gasteiger partial charge in [-0.15, -0.1) is 0 Å². The SMILES string of the molecule is O=C1C=C(c2ccc3ccccc3c2)CCCC1. The maximum absolute atomic E-state index is 11.7. The third-order valence-electron chi connectivity index (χ3n) is 3.57. The summed E-state index contributed by atoms with van der Waals surface area (Å²) in [7, 11) is 0. The second kappa shape index (κ2) is 4.77. The van der Waals surface area contributed by atoms with Crippen molar-refractivity contribution in [3.8, 4) is 0 Å². The first-order valence-corrected chi connectivity index (χ1v) is 6.55. The van der Waals surface area contributed by atoms with Crippen LogP contribution in [0.4, 0.5) is 0 Å². The van der Waals surface area contributed by atoms with E-state index < -0.39 is 0 Å². The van der Waals surface area contributed by atoms with Gasteiger partial charge in [0.1, 0.15) is 0 Å². The first kappa shape index (κ1) is 11.2. The lowest BCUT2D eigenvalue weighted by atomic mass is 9.98. The quantitative estimate of drug-likeness (QED) is 0.718. The molecule has 2 aromatic rings. The average Bonchev–Trinajstić information content (AvgIpc) is 2.63. The van der Waals surface area contributed by atoms with Crippen LogP contribution in [-0.4, -0.2) is 5.78 Å². The highest BCUT2D eigenvalue weighted by molar-refractivity contribution is 5.98. The number of carbonyl (C=O) groups excluding carboxylic acids is 1. The molecule has 1 heteroatoms. The molecule has 1 aliphatic carbocycles. The first-order valence-electron chi connectivity index (χ1n) is 6.55. The topological polar surface area (TPSA) is 17.1 Å². The molecule has 0 radical (unpaired) electrons. The molecule has 1 aliphatic rings. The number of hydrogen-bond acceptors (Lipinski definition) is 1. The minimum absolute atomic E-state index is 0.274. The highest BCUT2D eigenvalue weighted by atomic mass is 16.1. The van der Waals surface area contributed by atoms with Crippen molar-refractivity contribution in [2.24, 2.45) is 0 Å². The van der Waals surface area contributed by atoms with Crippen molar-refractivity contribution in [1.29, 1.82) is 0 Å². The van der Waals surface area contributed by atoms with Gasteiger partial charge in [0.05, 0.1) is 0 Å². The summed E-state index contributed by atoms with van der Waals surface area (Å²) < 4.78 is 0. The third-order valence-corrected chi connectivity index (χ3v) is 3.57. The second-order valence-electron chi connectivity index (χ2n) is 4.90.